The van der Waals surface area contributed by atoms with Crippen LogP contribution in [0.5, 0.6) is 0 Å². The lowest BCUT2D eigenvalue weighted by atomic mass is 9.95. The first-order valence-corrected chi connectivity index (χ1v) is 6.67. The zero-order valence-electron chi connectivity index (χ0n) is 10.4. The summed E-state index contributed by atoms with van der Waals surface area (Å²) in [5.41, 5.74) is 2.05. The topological polar surface area (TPSA) is 20.2 Å². The summed E-state index contributed by atoms with van der Waals surface area (Å²) in [6.45, 7) is 12.5. The molecule has 0 spiro atoms. The van der Waals surface area contributed by atoms with E-state index in [2.05, 4.69) is 42.9 Å². The zero-order chi connectivity index (χ0) is 12.6. The minimum absolute atomic E-state index is 0.146. The molecule has 1 unspecified atom stereocenters. The third kappa shape index (κ3) is 6.29. The van der Waals surface area contributed by atoms with E-state index in [-0.39, 0.29) is 6.61 Å². The van der Waals surface area contributed by atoms with Crippen LogP contribution < -0.4 is 0 Å². The third-order valence-electron chi connectivity index (χ3n) is 2.66. The van der Waals surface area contributed by atoms with E-state index in [1.54, 1.807) is 0 Å². The standard InChI is InChI=1S/C14H23BrO/c1-5-6-7-12(3)13(4)14(15)10-11(2)8-9-16/h10,12,16H,2,4-9H2,1,3H3/b14-10+. The van der Waals surface area contributed by atoms with Gasteiger partial charge in [0.05, 0.1) is 0 Å². The average Bonchev–Trinajstić information content (AvgIpc) is 2.24. The number of aliphatic hydroxyl groups excluding tert-OH is 1. The molecule has 1 atom stereocenters. The van der Waals surface area contributed by atoms with Crippen LogP contribution >= 0.6 is 15.9 Å². The second-order valence-corrected chi connectivity index (χ2v) is 5.05. The summed E-state index contributed by atoms with van der Waals surface area (Å²) < 4.78 is 1.01. The minimum Gasteiger partial charge on any atom is -0.396 e. The molecule has 16 heavy (non-hydrogen) atoms. The molecular weight excluding hydrogens is 264 g/mol. The number of rotatable bonds is 8. The average molecular weight is 287 g/mol. The summed E-state index contributed by atoms with van der Waals surface area (Å²) >= 11 is 3.53. The maximum Gasteiger partial charge on any atom is 0.0471 e. The van der Waals surface area contributed by atoms with Crippen LogP contribution in [0.3, 0.4) is 0 Å². The molecule has 0 saturated carbocycles. The fourth-order valence-electron chi connectivity index (χ4n) is 1.41. The summed E-state index contributed by atoms with van der Waals surface area (Å²) in [5, 5.41) is 8.79. The first-order valence-electron chi connectivity index (χ1n) is 5.87. The van der Waals surface area contributed by atoms with E-state index in [0.29, 0.717) is 12.3 Å². The van der Waals surface area contributed by atoms with Crippen LogP contribution in [0, 0.1) is 5.92 Å². The Hall–Kier alpha value is -0.340. The highest BCUT2D eigenvalue weighted by Crippen LogP contribution is 2.27. The SMILES string of the molecule is C=C(/C=C(/Br)C(=C)C(C)CCCC)CCO. The molecule has 1 N–H and O–H groups in total. The van der Waals surface area contributed by atoms with Gasteiger partial charge in [-0.2, -0.15) is 0 Å². The van der Waals surface area contributed by atoms with Crippen molar-refractivity contribution in [3.8, 4) is 0 Å². The van der Waals surface area contributed by atoms with Gasteiger partial charge in [0.15, 0.2) is 0 Å². The van der Waals surface area contributed by atoms with E-state index in [1.165, 1.54) is 19.3 Å². The van der Waals surface area contributed by atoms with Gasteiger partial charge < -0.3 is 5.11 Å². The highest BCUT2D eigenvalue weighted by molar-refractivity contribution is 9.12. The van der Waals surface area contributed by atoms with Gasteiger partial charge in [-0.1, -0.05) is 61.4 Å². The molecule has 0 aliphatic carbocycles. The maximum atomic E-state index is 8.79. The zero-order valence-corrected chi connectivity index (χ0v) is 12.0. The lowest BCUT2D eigenvalue weighted by molar-refractivity contribution is 0.300. The molecule has 0 aromatic heterocycles. The predicted molar refractivity (Wildman–Crippen MR) is 75.7 cm³/mol. The van der Waals surface area contributed by atoms with Crippen LogP contribution in [-0.2, 0) is 0 Å². The minimum atomic E-state index is 0.146. The smallest absolute Gasteiger partial charge is 0.0471 e. The third-order valence-corrected chi connectivity index (χ3v) is 3.39. The lowest BCUT2D eigenvalue weighted by Gasteiger charge is -2.14. The van der Waals surface area contributed by atoms with Gasteiger partial charge >= 0.3 is 0 Å². The van der Waals surface area contributed by atoms with Crippen LogP contribution in [-0.4, -0.2) is 11.7 Å². The summed E-state index contributed by atoms with van der Waals surface area (Å²) in [6, 6.07) is 0. The number of unbranched alkanes of at least 4 members (excludes halogenated alkanes) is 1. The Morgan fingerprint density at radius 1 is 1.44 bits per heavy atom. The van der Waals surface area contributed by atoms with Crippen molar-refractivity contribution in [2.24, 2.45) is 5.92 Å². The molecule has 0 aliphatic rings. The Bertz CT molecular complexity index is 266. The van der Waals surface area contributed by atoms with Crippen molar-refractivity contribution in [3.05, 3.63) is 34.9 Å². The van der Waals surface area contributed by atoms with Crippen molar-refractivity contribution in [2.45, 2.75) is 39.5 Å². The second-order valence-electron chi connectivity index (χ2n) is 4.19. The summed E-state index contributed by atoms with van der Waals surface area (Å²) in [5.74, 6) is 0.493. The first kappa shape index (κ1) is 15.7. The Morgan fingerprint density at radius 2 is 2.06 bits per heavy atom. The van der Waals surface area contributed by atoms with Crippen LogP contribution in [0.2, 0.25) is 0 Å². The van der Waals surface area contributed by atoms with Gasteiger partial charge in [-0.3, -0.25) is 0 Å². The fraction of sp³-hybridized carbons (Fsp3) is 0.571. The number of allylic oxidation sites excluding steroid dienone is 3. The van der Waals surface area contributed by atoms with Gasteiger partial charge in [0.1, 0.15) is 0 Å². The van der Waals surface area contributed by atoms with E-state index in [9.17, 15) is 0 Å². The van der Waals surface area contributed by atoms with E-state index in [0.717, 1.165) is 15.6 Å². The largest absolute Gasteiger partial charge is 0.396 e. The van der Waals surface area contributed by atoms with Crippen LogP contribution in [0.4, 0.5) is 0 Å². The van der Waals surface area contributed by atoms with Crippen molar-refractivity contribution < 1.29 is 5.11 Å². The molecule has 2 heteroatoms. The van der Waals surface area contributed by atoms with Crippen LogP contribution in [0.25, 0.3) is 0 Å². The first-order chi connectivity index (χ1) is 7.52. The molecule has 0 bridgehead atoms. The second kappa shape index (κ2) is 8.77. The Kier molecular flexibility index (Phi) is 8.58. The van der Waals surface area contributed by atoms with Crippen molar-refractivity contribution in [1.29, 1.82) is 0 Å². The molecule has 0 fully saturated rings. The van der Waals surface area contributed by atoms with Crippen LogP contribution in [0.15, 0.2) is 34.9 Å². The lowest BCUT2D eigenvalue weighted by Crippen LogP contribution is -1.99. The summed E-state index contributed by atoms with van der Waals surface area (Å²) in [7, 11) is 0. The molecule has 92 valence electrons. The van der Waals surface area contributed by atoms with Gasteiger partial charge in [0.2, 0.25) is 0 Å². The molecule has 0 radical (unpaired) electrons. The Labute approximate surface area is 108 Å². The molecule has 0 saturated heterocycles. The van der Waals surface area contributed by atoms with Gasteiger partial charge in [-0.05, 0) is 30.4 Å². The molecule has 0 aromatic carbocycles. The molecular formula is C14H23BrO. The van der Waals surface area contributed by atoms with Gasteiger partial charge in [-0.25, -0.2) is 0 Å². The summed E-state index contributed by atoms with van der Waals surface area (Å²) in [6.07, 6.45) is 6.20. The van der Waals surface area contributed by atoms with Gasteiger partial charge in [0, 0.05) is 11.1 Å². The fourth-order valence-corrected chi connectivity index (χ4v) is 2.12. The number of aliphatic hydroxyl groups is 1. The van der Waals surface area contributed by atoms with Crippen molar-refractivity contribution in [2.75, 3.05) is 6.61 Å². The molecule has 1 nitrogen and oxygen atoms in total. The van der Waals surface area contributed by atoms with E-state index in [1.807, 2.05) is 6.08 Å². The Balaban J connectivity index is 4.30. The van der Waals surface area contributed by atoms with Crippen molar-refractivity contribution in [3.63, 3.8) is 0 Å². The van der Waals surface area contributed by atoms with Crippen molar-refractivity contribution >= 4 is 15.9 Å². The molecule has 0 amide bonds. The molecule has 0 heterocycles. The number of halogens is 1. The highest BCUT2D eigenvalue weighted by atomic mass is 79.9. The normalized spacial score (nSPS) is 13.6. The van der Waals surface area contributed by atoms with Crippen molar-refractivity contribution in [1.82, 2.24) is 0 Å². The molecule has 0 aromatic rings. The van der Waals surface area contributed by atoms with Gasteiger partial charge in [0.25, 0.3) is 0 Å². The van der Waals surface area contributed by atoms with E-state index >= 15 is 0 Å². The predicted octanol–water partition coefficient (Wildman–Crippen LogP) is 4.59. The summed E-state index contributed by atoms with van der Waals surface area (Å²) in [4.78, 5) is 0. The van der Waals surface area contributed by atoms with E-state index < -0.39 is 0 Å². The van der Waals surface area contributed by atoms with Gasteiger partial charge in [-0.15, -0.1) is 0 Å². The number of hydrogen-bond donors (Lipinski definition) is 1. The quantitative estimate of drug-likeness (QED) is 0.647. The van der Waals surface area contributed by atoms with E-state index in [4.69, 9.17) is 5.11 Å². The monoisotopic (exact) mass is 286 g/mol. The molecule has 0 aliphatic heterocycles. The molecule has 0 rings (SSSR count). The van der Waals surface area contributed by atoms with Crippen LogP contribution in [0.1, 0.15) is 39.5 Å². The highest BCUT2D eigenvalue weighted by Gasteiger charge is 2.09. The number of hydrogen-bond acceptors (Lipinski definition) is 1. The maximum absolute atomic E-state index is 8.79. The Morgan fingerprint density at radius 3 is 2.56 bits per heavy atom.